The summed E-state index contributed by atoms with van der Waals surface area (Å²) < 4.78 is 22.8. The Morgan fingerprint density at radius 2 is 2.17 bits per heavy atom. The van der Waals surface area contributed by atoms with Crippen molar-refractivity contribution in [3.8, 4) is 0 Å². The van der Waals surface area contributed by atoms with Gasteiger partial charge in [-0.1, -0.05) is 0 Å². The van der Waals surface area contributed by atoms with Gasteiger partial charge in [-0.15, -0.1) is 0 Å². The van der Waals surface area contributed by atoms with Crippen LogP contribution in [0.1, 0.15) is 40.5 Å². The number of nitrogens with zero attached hydrogens (tertiary/aromatic N) is 1. The first-order valence-electron chi connectivity index (χ1n) is 8.53. The molecule has 0 saturated carbocycles. The van der Waals surface area contributed by atoms with Crippen LogP contribution in [0.5, 0.6) is 0 Å². The van der Waals surface area contributed by atoms with Gasteiger partial charge < -0.3 is 20.1 Å². The van der Waals surface area contributed by atoms with Crippen molar-refractivity contribution in [2.45, 2.75) is 51.4 Å². The van der Waals surface area contributed by atoms with E-state index in [-0.39, 0.29) is 10.9 Å². The van der Waals surface area contributed by atoms with Crippen LogP contribution in [0.15, 0.2) is 4.99 Å². The Labute approximate surface area is 143 Å². The average Bonchev–Trinajstić information content (AvgIpc) is 2.99. The molecule has 0 bridgehead atoms. The van der Waals surface area contributed by atoms with Crippen LogP contribution in [0.3, 0.4) is 0 Å². The predicted octanol–water partition coefficient (Wildman–Crippen LogP) is 1.28. The van der Waals surface area contributed by atoms with Gasteiger partial charge in [0.05, 0.1) is 12.7 Å². The van der Waals surface area contributed by atoms with Gasteiger partial charge in [0.1, 0.15) is 0 Å². The summed E-state index contributed by atoms with van der Waals surface area (Å²) in [6.07, 6.45) is 2.15. The second-order valence-corrected chi connectivity index (χ2v) is 8.88. The number of rotatable bonds is 9. The van der Waals surface area contributed by atoms with Crippen molar-refractivity contribution < 1.29 is 13.7 Å². The van der Waals surface area contributed by atoms with Crippen molar-refractivity contribution in [2.24, 2.45) is 4.99 Å². The van der Waals surface area contributed by atoms with Crippen LogP contribution in [-0.2, 0) is 20.3 Å². The molecule has 1 saturated heterocycles. The normalized spacial score (nSPS) is 20.5. The van der Waals surface area contributed by atoms with E-state index in [4.69, 9.17) is 9.47 Å². The maximum Gasteiger partial charge on any atom is 0.191 e. The Balaban J connectivity index is 2.19. The third-order valence-electron chi connectivity index (χ3n) is 3.42. The lowest BCUT2D eigenvalue weighted by atomic mass is 10.3. The van der Waals surface area contributed by atoms with Crippen molar-refractivity contribution in [2.75, 3.05) is 45.2 Å². The number of guanidine groups is 1. The molecule has 2 unspecified atom stereocenters. The molecule has 0 aliphatic carbocycles. The van der Waals surface area contributed by atoms with Crippen molar-refractivity contribution in [1.29, 1.82) is 0 Å². The van der Waals surface area contributed by atoms with E-state index < -0.39 is 10.8 Å². The summed E-state index contributed by atoms with van der Waals surface area (Å²) in [7, 11) is -0.845. The SMILES string of the molecule is CCNC(=NCCCOC1CCOC1)NCCS(=O)C(C)(C)C. The first-order valence-corrected chi connectivity index (χ1v) is 9.85. The van der Waals surface area contributed by atoms with Crippen LogP contribution in [-0.4, -0.2) is 66.2 Å². The summed E-state index contributed by atoms with van der Waals surface area (Å²) >= 11 is 0. The van der Waals surface area contributed by atoms with Gasteiger partial charge in [0.15, 0.2) is 5.96 Å². The van der Waals surface area contributed by atoms with Crippen LogP contribution in [0.4, 0.5) is 0 Å². The minimum Gasteiger partial charge on any atom is -0.379 e. The highest BCUT2D eigenvalue weighted by Gasteiger charge is 2.18. The number of hydrogen-bond acceptors (Lipinski definition) is 4. The maximum atomic E-state index is 12.0. The lowest BCUT2D eigenvalue weighted by molar-refractivity contribution is 0.0424. The zero-order chi connectivity index (χ0) is 17.1. The van der Waals surface area contributed by atoms with E-state index >= 15 is 0 Å². The van der Waals surface area contributed by atoms with Crippen molar-refractivity contribution >= 4 is 16.8 Å². The molecule has 0 amide bonds. The highest BCUT2D eigenvalue weighted by molar-refractivity contribution is 7.86. The van der Waals surface area contributed by atoms with Crippen molar-refractivity contribution in [3.63, 3.8) is 0 Å². The molecular weight excluding hydrogens is 314 g/mol. The predicted molar refractivity (Wildman–Crippen MR) is 96.5 cm³/mol. The smallest absolute Gasteiger partial charge is 0.191 e. The van der Waals surface area contributed by atoms with Gasteiger partial charge in [-0.05, 0) is 40.5 Å². The molecule has 7 heteroatoms. The number of ether oxygens (including phenoxy) is 2. The molecule has 0 spiro atoms. The first kappa shape index (κ1) is 20.4. The highest BCUT2D eigenvalue weighted by Crippen LogP contribution is 2.10. The molecule has 2 N–H and O–H groups in total. The van der Waals surface area contributed by atoms with E-state index in [1.807, 2.05) is 27.7 Å². The lowest BCUT2D eigenvalue weighted by Gasteiger charge is -2.18. The molecule has 0 aromatic heterocycles. The van der Waals surface area contributed by atoms with Gasteiger partial charge in [0.2, 0.25) is 0 Å². The van der Waals surface area contributed by atoms with Crippen LogP contribution >= 0.6 is 0 Å². The zero-order valence-corrected chi connectivity index (χ0v) is 15.8. The molecule has 1 heterocycles. The van der Waals surface area contributed by atoms with E-state index in [1.54, 1.807) is 0 Å². The van der Waals surface area contributed by atoms with Crippen LogP contribution in [0, 0.1) is 0 Å². The van der Waals surface area contributed by atoms with Crippen molar-refractivity contribution in [1.82, 2.24) is 10.6 Å². The minimum absolute atomic E-state index is 0.168. The van der Waals surface area contributed by atoms with Gasteiger partial charge in [-0.25, -0.2) is 0 Å². The zero-order valence-electron chi connectivity index (χ0n) is 15.0. The Kier molecular flexibility index (Phi) is 9.74. The van der Waals surface area contributed by atoms with Gasteiger partial charge in [-0.2, -0.15) is 0 Å². The van der Waals surface area contributed by atoms with Gasteiger partial charge in [-0.3, -0.25) is 9.20 Å². The fourth-order valence-corrected chi connectivity index (χ4v) is 2.96. The van der Waals surface area contributed by atoms with E-state index in [2.05, 4.69) is 15.6 Å². The molecule has 0 aromatic rings. The topological polar surface area (TPSA) is 72.0 Å². The minimum atomic E-state index is -0.845. The summed E-state index contributed by atoms with van der Waals surface area (Å²) in [5.74, 6) is 1.40. The second-order valence-electron chi connectivity index (χ2n) is 6.56. The second kappa shape index (κ2) is 11.0. The molecule has 0 radical (unpaired) electrons. The van der Waals surface area contributed by atoms with Gasteiger partial charge in [0.25, 0.3) is 0 Å². The molecule has 1 rings (SSSR count). The number of nitrogens with one attached hydrogen (secondary N) is 2. The fourth-order valence-electron chi connectivity index (χ4n) is 2.06. The highest BCUT2D eigenvalue weighted by atomic mass is 32.2. The number of hydrogen-bond donors (Lipinski definition) is 2. The molecule has 0 aromatic carbocycles. The molecule has 23 heavy (non-hydrogen) atoms. The molecule has 2 atom stereocenters. The molecular formula is C16H33N3O3S. The largest absolute Gasteiger partial charge is 0.379 e. The van der Waals surface area contributed by atoms with E-state index in [1.165, 1.54) is 0 Å². The lowest BCUT2D eigenvalue weighted by Crippen LogP contribution is -2.40. The summed E-state index contributed by atoms with van der Waals surface area (Å²) in [5, 5.41) is 6.45. The van der Waals surface area contributed by atoms with E-state index in [0.29, 0.717) is 25.4 Å². The fraction of sp³-hybridized carbons (Fsp3) is 0.938. The monoisotopic (exact) mass is 347 g/mol. The Hall–Kier alpha value is -0.660. The maximum absolute atomic E-state index is 12.0. The molecule has 1 aliphatic rings. The summed E-state index contributed by atoms with van der Waals surface area (Å²) in [4.78, 5) is 4.52. The van der Waals surface area contributed by atoms with E-state index in [9.17, 15) is 4.21 Å². The third kappa shape index (κ3) is 9.27. The quantitative estimate of drug-likeness (QED) is 0.373. The molecule has 1 fully saturated rings. The Morgan fingerprint density at radius 3 is 2.78 bits per heavy atom. The molecule has 1 aliphatic heterocycles. The molecule has 6 nitrogen and oxygen atoms in total. The third-order valence-corrected chi connectivity index (χ3v) is 5.36. The Bertz CT molecular complexity index is 377. The summed E-state index contributed by atoms with van der Waals surface area (Å²) in [6.45, 7) is 12.5. The van der Waals surface area contributed by atoms with Gasteiger partial charge >= 0.3 is 0 Å². The van der Waals surface area contributed by atoms with Crippen LogP contribution in [0.2, 0.25) is 0 Å². The van der Waals surface area contributed by atoms with Crippen LogP contribution < -0.4 is 10.6 Å². The molecule has 136 valence electrons. The average molecular weight is 348 g/mol. The van der Waals surface area contributed by atoms with Gasteiger partial charge in [0, 0.05) is 54.1 Å². The van der Waals surface area contributed by atoms with Crippen LogP contribution in [0.25, 0.3) is 0 Å². The number of aliphatic imine (C=N–C) groups is 1. The Morgan fingerprint density at radius 1 is 1.39 bits per heavy atom. The van der Waals surface area contributed by atoms with Crippen molar-refractivity contribution in [3.05, 3.63) is 0 Å². The summed E-state index contributed by atoms with van der Waals surface area (Å²) in [5.41, 5.74) is 0. The summed E-state index contributed by atoms with van der Waals surface area (Å²) in [6, 6.07) is 0. The first-order chi connectivity index (χ1) is 10.9. The standard InChI is InChI=1S/C16H33N3O3S/c1-5-17-15(19-9-12-23(20)16(2,3)4)18-8-6-10-22-14-7-11-21-13-14/h14H,5-13H2,1-4H3,(H2,17,18,19). The van der Waals surface area contributed by atoms with E-state index in [0.717, 1.165) is 38.6 Å².